The average Bonchev–Trinajstić information content (AvgIpc) is 2.85. The fourth-order valence-corrected chi connectivity index (χ4v) is 4.05. The normalized spacial score (nSPS) is 19.1. The molecule has 1 unspecified atom stereocenters. The maximum atomic E-state index is 12.8. The summed E-state index contributed by atoms with van der Waals surface area (Å²) >= 11 is 1.50. The number of anilines is 1. The Balaban J connectivity index is 1.94. The van der Waals surface area contributed by atoms with Gasteiger partial charge in [0.2, 0.25) is 0 Å². The second kappa shape index (κ2) is 5.66. The monoisotopic (exact) mass is 304 g/mol. The molecule has 1 aliphatic heterocycles. The lowest BCUT2D eigenvalue weighted by Crippen LogP contribution is -2.42. The van der Waals surface area contributed by atoms with Gasteiger partial charge in [-0.3, -0.25) is 4.79 Å². The highest BCUT2D eigenvalue weighted by molar-refractivity contribution is 7.21. The number of methoxy groups -OCH3 is 1. The molecule has 2 heterocycles. The molecule has 1 atom stereocenters. The quantitative estimate of drug-likeness (QED) is 0.928. The molecular formula is C16H20N2O2S. The van der Waals surface area contributed by atoms with Crippen LogP contribution in [0.25, 0.3) is 10.1 Å². The third kappa shape index (κ3) is 2.51. The van der Waals surface area contributed by atoms with Crippen LogP contribution in [0.4, 0.5) is 5.69 Å². The zero-order valence-corrected chi connectivity index (χ0v) is 13.2. The first-order chi connectivity index (χ1) is 10.1. The molecule has 2 aromatic rings. The number of aryl methyl sites for hydroxylation is 1. The van der Waals surface area contributed by atoms with Crippen LogP contribution in [0.5, 0.6) is 0 Å². The number of rotatable bonds is 2. The second-order valence-corrected chi connectivity index (χ2v) is 6.57. The van der Waals surface area contributed by atoms with Crippen LogP contribution in [0.15, 0.2) is 18.2 Å². The molecule has 0 saturated carbocycles. The van der Waals surface area contributed by atoms with Crippen molar-refractivity contribution in [2.75, 3.05) is 25.9 Å². The Morgan fingerprint density at radius 1 is 1.48 bits per heavy atom. The van der Waals surface area contributed by atoms with E-state index in [1.807, 2.05) is 30.0 Å². The lowest BCUT2D eigenvalue weighted by atomic mass is 10.1. The molecule has 2 N–H and O–H groups in total. The van der Waals surface area contributed by atoms with Crippen molar-refractivity contribution in [2.24, 2.45) is 0 Å². The Kier molecular flexibility index (Phi) is 3.87. The van der Waals surface area contributed by atoms with E-state index in [2.05, 4.69) is 0 Å². The van der Waals surface area contributed by atoms with Gasteiger partial charge in [0.05, 0.1) is 11.8 Å². The van der Waals surface area contributed by atoms with Gasteiger partial charge in [0.15, 0.2) is 0 Å². The minimum Gasteiger partial charge on any atom is -0.397 e. The zero-order valence-electron chi connectivity index (χ0n) is 12.4. The van der Waals surface area contributed by atoms with E-state index in [0.717, 1.165) is 35.0 Å². The molecule has 5 heteroatoms. The van der Waals surface area contributed by atoms with Gasteiger partial charge in [-0.25, -0.2) is 0 Å². The van der Waals surface area contributed by atoms with Crippen LogP contribution < -0.4 is 5.73 Å². The van der Waals surface area contributed by atoms with Crippen molar-refractivity contribution in [3.05, 3.63) is 28.6 Å². The van der Waals surface area contributed by atoms with E-state index in [0.29, 0.717) is 17.1 Å². The van der Waals surface area contributed by atoms with Gasteiger partial charge in [-0.2, -0.15) is 0 Å². The number of ether oxygens (including phenoxy) is 1. The van der Waals surface area contributed by atoms with Crippen LogP contribution in [0, 0.1) is 6.92 Å². The summed E-state index contributed by atoms with van der Waals surface area (Å²) in [7, 11) is 1.70. The fraction of sp³-hybridized carbons (Fsp3) is 0.438. The number of carbonyl (C=O) groups is 1. The first-order valence-electron chi connectivity index (χ1n) is 7.21. The highest BCUT2D eigenvalue weighted by Crippen LogP contribution is 2.36. The summed E-state index contributed by atoms with van der Waals surface area (Å²) in [4.78, 5) is 15.3. The summed E-state index contributed by atoms with van der Waals surface area (Å²) in [5.41, 5.74) is 7.99. The van der Waals surface area contributed by atoms with Crippen molar-refractivity contribution in [2.45, 2.75) is 25.9 Å². The Hall–Kier alpha value is -1.59. The van der Waals surface area contributed by atoms with Crippen molar-refractivity contribution in [1.29, 1.82) is 0 Å². The standard InChI is InChI=1S/C16H20N2O2S/c1-10-5-3-7-12-13(17)15(21-14(10)12)16(19)18-8-4-6-11(9-18)20-2/h3,5,7,11H,4,6,8-9,17H2,1-2H3. The molecule has 0 bridgehead atoms. The van der Waals surface area contributed by atoms with Crippen molar-refractivity contribution in [3.63, 3.8) is 0 Å². The van der Waals surface area contributed by atoms with Gasteiger partial charge >= 0.3 is 0 Å². The fourth-order valence-electron chi connectivity index (χ4n) is 2.90. The molecule has 4 nitrogen and oxygen atoms in total. The minimum atomic E-state index is 0.0369. The highest BCUT2D eigenvalue weighted by atomic mass is 32.1. The van der Waals surface area contributed by atoms with Gasteiger partial charge in [0.25, 0.3) is 5.91 Å². The van der Waals surface area contributed by atoms with Gasteiger partial charge in [-0.1, -0.05) is 18.2 Å². The van der Waals surface area contributed by atoms with Crippen LogP contribution in [-0.2, 0) is 4.74 Å². The number of hydrogen-bond donors (Lipinski definition) is 1. The van der Waals surface area contributed by atoms with Crippen LogP contribution >= 0.6 is 11.3 Å². The summed E-state index contributed by atoms with van der Waals surface area (Å²) in [5, 5.41) is 0.989. The summed E-state index contributed by atoms with van der Waals surface area (Å²) in [6.45, 7) is 3.49. The number of benzene rings is 1. The number of nitrogen functional groups attached to an aromatic ring is 1. The molecule has 1 saturated heterocycles. The Labute approximate surface area is 128 Å². The van der Waals surface area contributed by atoms with Crippen molar-refractivity contribution >= 4 is 33.0 Å². The summed E-state index contributed by atoms with van der Waals surface area (Å²) in [6.07, 6.45) is 2.13. The number of thiophene rings is 1. The zero-order chi connectivity index (χ0) is 15.0. The third-order valence-corrected chi connectivity index (χ3v) is 5.49. The highest BCUT2D eigenvalue weighted by Gasteiger charge is 2.27. The van der Waals surface area contributed by atoms with Gasteiger partial charge in [-0.05, 0) is 25.3 Å². The molecule has 3 rings (SSSR count). The molecule has 0 radical (unpaired) electrons. The predicted molar refractivity (Wildman–Crippen MR) is 86.9 cm³/mol. The average molecular weight is 304 g/mol. The number of amides is 1. The van der Waals surface area contributed by atoms with E-state index in [9.17, 15) is 4.79 Å². The summed E-state index contributed by atoms with van der Waals surface area (Å²) in [5.74, 6) is 0.0369. The smallest absolute Gasteiger partial charge is 0.266 e. The van der Waals surface area contributed by atoms with E-state index in [-0.39, 0.29) is 12.0 Å². The molecule has 1 aromatic heterocycles. The van der Waals surface area contributed by atoms with E-state index in [1.54, 1.807) is 7.11 Å². The summed E-state index contributed by atoms with van der Waals surface area (Å²) in [6, 6.07) is 6.02. The Morgan fingerprint density at radius 3 is 3.00 bits per heavy atom. The topological polar surface area (TPSA) is 55.6 Å². The number of carbonyl (C=O) groups excluding carboxylic acids is 1. The van der Waals surface area contributed by atoms with Crippen molar-refractivity contribution < 1.29 is 9.53 Å². The number of nitrogens with two attached hydrogens (primary N) is 1. The molecule has 1 aromatic carbocycles. The van der Waals surface area contributed by atoms with Crippen LogP contribution in [-0.4, -0.2) is 37.1 Å². The van der Waals surface area contributed by atoms with E-state index >= 15 is 0 Å². The van der Waals surface area contributed by atoms with E-state index in [1.165, 1.54) is 11.3 Å². The number of likely N-dealkylation sites (tertiary alicyclic amines) is 1. The molecule has 0 spiro atoms. The van der Waals surface area contributed by atoms with Gasteiger partial charge < -0.3 is 15.4 Å². The molecule has 1 fully saturated rings. The minimum absolute atomic E-state index is 0.0369. The van der Waals surface area contributed by atoms with Gasteiger partial charge in [0.1, 0.15) is 4.88 Å². The maximum Gasteiger partial charge on any atom is 0.266 e. The molecular weight excluding hydrogens is 284 g/mol. The Morgan fingerprint density at radius 2 is 2.29 bits per heavy atom. The lowest BCUT2D eigenvalue weighted by molar-refractivity contribution is 0.0272. The van der Waals surface area contributed by atoms with Crippen LogP contribution in [0.1, 0.15) is 28.1 Å². The van der Waals surface area contributed by atoms with Gasteiger partial charge in [0, 0.05) is 30.3 Å². The van der Waals surface area contributed by atoms with Crippen LogP contribution in [0.2, 0.25) is 0 Å². The molecule has 0 aliphatic carbocycles. The molecule has 1 amide bonds. The van der Waals surface area contributed by atoms with Crippen LogP contribution in [0.3, 0.4) is 0 Å². The molecule has 112 valence electrons. The number of nitrogens with zero attached hydrogens (tertiary/aromatic N) is 1. The SMILES string of the molecule is COC1CCCN(C(=O)c2sc3c(C)cccc3c2N)C1. The predicted octanol–water partition coefficient (Wildman–Crippen LogP) is 3.04. The molecule has 21 heavy (non-hydrogen) atoms. The number of hydrogen-bond acceptors (Lipinski definition) is 4. The molecule has 1 aliphatic rings. The maximum absolute atomic E-state index is 12.8. The number of piperidine rings is 1. The number of fused-ring (bicyclic) bond motifs is 1. The van der Waals surface area contributed by atoms with E-state index < -0.39 is 0 Å². The third-order valence-electron chi connectivity index (χ3n) is 4.14. The largest absolute Gasteiger partial charge is 0.397 e. The van der Waals surface area contributed by atoms with Crippen molar-refractivity contribution in [3.8, 4) is 0 Å². The van der Waals surface area contributed by atoms with Gasteiger partial charge in [-0.15, -0.1) is 11.3 Å². The lowest BCUT2D eigenvalue weighted by Gasteiger charge is -2.31. The first kappa shape index (κ1) is 14.4. The summed E-state index contributed by atoms with van der Waals surface area (Å²) < 4.78 is 6.50. The van der Waals surface area contributed by atoms with Crippen molar-refractivity contribution in [1.82, 2.24) is 4.90 Å². The first-order valence-corrected chi connectivity index (χ1v) is 8.03. The van der Waals surface area contributed by atoms with E-state index in [4.69, 9.17) is 10.5 Å². The Bertz CT molecular complexity index is 680. The second-order valence-electron chi connectivity index (χ2n) is 5.55.